The number of hydrazine groups is 2. The summed E-state index contributed by atoms with van der Waals surface area (Å²) in [7, 11) is -1.21. The van der Waals surface area contributed by atoms with Gasteiger partial charge in [-0.1, -0.05) is 5.22 Å². The Morgan fingerprint density at radius 3 is 1.76 bits per heavy atom. The average molecular weight is 459 g/mol. The monoisotopic (exact) mass is 459 g/mol. The third-order valence-electron chi connectivity index (χ3n) is 1.88. The minimum atomic E-state index is -10.7. The number of methoxy groups -OCH3 is 2. The van der Waals surface area contributed by atoms with Gasteiger partial charge in [-0.05, 0) is 0 Å². The fourth-order valence-corrected chi connectivity index (χ4v) is 1.04. The van der Waals surface area contributed by atoms with Crippen molar-refractivity contribution in [3.8, 4) is 12.3 Å². The maximum atomic E-state index is 11.0. The number of nitrogens with zero attached hydrogens (tertiary/aromatic N) is 4. The second-order valence-corrected chi connectivity index (χ2v) is 6.31. The van der Waals surface area contributed by atoms with Crippen molar-refractivity contribution in [2.45, 2.75) is 0 Å². The molecule has 10 nitrogen and oxygen atoms in total. The van der Waals surface area contributed by atoms with E-state index in [2.05, 4.69) is 37.2 Å². The van der Waals surface area contributed by atoms with Gasteiger partial charge in [0.25, 0.3) is 0 Å². The number of nitrogens with one attached hydrogen (secondary N) is 2. The van der Waals surface area contributed by atoms with Crippen LogP contribution in [0.4, 0.5) is 25.2 Å². The Hall–Kier alpha value is -2.79. The number of likely N-dealkylation sites (N-methyl/N-ethyl adjacent to an activating group) is 1. The normalized spacial score (nSPS) is 14.8. The molecule has 0 radical (unpaired) electrons. The number of esters is 2. The third-order valence-corrected chi connectivity index (χ3v) is 1.88. The van der Waals surface area contributed by atoms with Crippen LogP contribution in [-0.4, -0.2) is 64.4 Å². The molecule has 1 aliphatic heterocycles. The van der Waals surface area contributed by atoms with Gasteiger partial charge in [0.05, 0.1) is 21.3 Å². The van der Waals surface area contributed by atoms with Crippen molar-refractivity contribution >= 4 is 19.7 Å². The van der Waals surface area contributed by atoms with Crippen LogP contribution in [0.2, 0.25) is 0 Å². The summed E-state index contributed by atoms with van der Waals surface area (Å²) in [5.74, 6) is 0.781. The quantitative estimate of drug-likeness (QED) is 0.124. The average Bonchev–Trinajstić information content (AvgIpc) is 2.91. The zero-order valence-electron chi connectivity index (χ0n) is 16.3. The number of carbonyl (C=O) groups excluding carboxylic acids is 2. The van der Waals surface area contributed by atoms with E-state index in [9.17, 15) is 34.8 Å². The molecule has 0 saturated carbocycles. The number of hydrogen-bond acceptors (Lipinski definition) is 9. The van der Waals surface area contributed by atoms with E-state index < -0.39 is 13.8 Å². The molecule has 1 aliphatic rings. The Bertz CT molecular complexity index is 623. The molecule has 0 spiro atoms. The van der Waals surface area contributed by atoms with Gasteiger partial charge in [0.2, 0.25) is 0 Å². The topological polar surface area (TPSA) is 108 Å². The zero-order chi connectivity index (χ0) is 24.0. The van der Waals surface area contributed by atoms with Crippen LogP contribution in [0.25, 0.3) is 0 Å². The third kappa shape index (κ3) is 30.2. The summed E-state index contributed by atoms with van der Waals surface area (Å²) < 4.78 is 67.8. The predicted molar refractivity (Wildman–Crippen MR) is 93.0 cm³/mol. The van der Waals surface area contributed by atoms with Gasteiger partial charge in [0.15, 0.2) is 5.70 Å². The van der Waals surface area contributed by atoms with Gasteiger partial charge in [0.1, 0.15) is 0 Å². The van der Waals surface area contributed by atoms with Crippen molar-refractivity contribution in [2.24, 2.45) is 10.3 Å². The molecule has 17 heteroatoms. The second-order valence-electron chi connectivity index (χ2n) is 4.39. The molecule has 0 aliphatic carbocycles. The summed E-state index contributed by atoms with van der Waals surface area (Å²) in [5.41, 5.74) is 5.83. The van der Waals surface area contributed by atoms with Crippen molar-refractivity contribution in [3.05, 3.63) is 11.9 Å². The Kier molecular flexibility index (Phi) is 12.7. The Morgan fingerprint density at radius 1 is 1.17 bits per heavy atom. The summed E-state index contributed by atoms with van der Waals surface area (Å²) >= 11 is 0. The SMILES string of the molecule is C#CC(=O)OC.CN=NNC.COC(=O)C1=CN(C)NN1C.F[P-](F)(F)(F)(F)F. The second kappa shape index (κ2) is 11.9. The van der Waals surface area contributed by atoms with Crippen LogP contribution >= 0.6 is 7.81 Å². The molecule has 29 heavy (non-hydrogen) atoms. The van der Waals surface area contributed by atoms with E-state index in [1.54, 1.807) is 50.3 Å². The van der Waals surface area contributed by atoms with Crippen molar-refractivity contribution < 1.29 is 44.2 Å². The van der Waals surface area contributed by atoms with Crippen molar-refractivity contribution in [1.82, 2.24) is 21.0 Å². The van der Waals surface area contributed by atoms with Gasteiger partial charge in [-0.25, -0.2) is 9.59 Å². The molecule has 0 saturated heterocycles. The Morgan fingerprint density at radius 2 is 1.62 bits per heavy atom. The van der Waals surface area contributed by atoms with Crippen LogP contribution < -0.4 is 11.0 Å². The van der Waals surface area contributed by atoms with E-state index in [0.717, 1.165) is 0 Å². The van der Waals surface area contributed by atoms with E-state index in [4.69, 9.17) is 0 Å². The molecule has 0 atom stereocenters. The molecule has 0 aromatic carbocycles. The molecule has 0 fully saturated rings. The van der Waals surface area contributed by atoms with Crippen LogP contribution in [0.15, 0.2) is 22.2 Å². The molecule has 0 aromatic rings. The van der Waals surface area contributed by atoms with Crippen LogP contribution in [-0.2, 0) is 19.1 Å². The van der Waals surface area contributed by atoms with Crippen molar-refractivity contribution in [3.63, 3.8) is 0 Å². The van der Waals surface area contributed by atoms with Crippen LogP contribution in [0.5, 0.6) is 0 Å². The fraction of sp³-hybridized carbons (Fsp3) is 0.500. The Labute approximate surface area is 163 Å². The van der Waals surface area contributed by atoms with Crippen molar-refractivity contribution in [2.75, 3.05) is 42.4 Å². The molecule has 0 bridgehead atoms. The molecule has 0 unspecified atom stereocenters. The van der Waals surface area contributed by atoms with E-state index >= 15 is 0 Å². The summed E-state index contributed by atoms with van der Waals surface area (Å²) in [5, 5.41) is 9.98. The summed E-state index contributed by atoms with van der Waals surface area (Å²) in [6.45, 7) is 0. The number of terminal acetylenes is 1. The molecular weight excluding hydrogens is 437 g/mol. The molecular formula is C12H22F6N6O4P-. The zero-order valence-corrected chi connectivity index (χ0v) is 17.2. The standard InChI is InChI=1S/C6H11N3O2.C4H4O2.C2H7N3.F6P/c1-8-4-5(6(10)11-3)9(2)7-8;1-3-4(5)6-2;1-3-5-4-2;1-7(2,3,4,5)6/h4,7H,1-3H3;1H,2H3;1-2H3,(H,3,4);/q;;;-1. The van der Waals surface area contributed by atoms with Crippen LogP contribution in [0.1, 0.15) is 0 Å². The van der Waals surface area contributed by atoms with E-state index in [0.29, 0.717) is 5.70 Å². The van der Waals surface area contributed by atoms with Gasteiger partial charge in [-0.3, -0.25) is 15.4 Å². The Balaban J connectivity index is -0.000000330. The molecule has 1 heterocycles. The van der Waals surface area contributed by atoms with Crippen molar-refractivity contribution in [1.29, 1.82) is 0 Å². The summed E-state index contributed by atoms with van der Waals surface area (Å²) in [6.07, 6.45) is 6.22. The summed E-state index contributed by atoms with van der Waals surface area (Å²) in [6, 6.07) is 0. The van der Waals surface area contributed by atoms with Gasteiger partial charge >= 0.3 is 44.9 Å². The maximum absolute atomic E-state index is 11.0. The van der Waals surface area contributed by atoms with E-state index in [1.807, 2.05) is 0 Å². The van der Waals surface area contributed by atoms with E-state index in [1.165, 1.54) is 14.2 Å². The number of hydrogen-bond donors (Lipinski definition) is 2. The number of rotatable bonds is 2. The number of ether oxygens (including phenoxy) is 2. The van der Waals surface area contributed by atoms with E-state index in [-0.39, 0.29) is 5.97 Å². The van der Waals surface area contributed by atoms with Crippen LogP contribution in [0, 0.1) is 12.3 Å². The molecule has 172 valence electrons. The first-order chi connectivity index (χ1) is 12.8. The number of carbonyl (C=O) groups is 2. The first kappa shape index (κ1) is 30.9. The van der Waals surface area contributed by atoms with Gasteiger partial charge in [-0.2, -0.15) is 5.11 Å². The van der Waals surface area contributed by atoms with Gasteiger partial charge in [0, 0.05) is 33.3 Å². The first-order valence-corrected chi connectivity index (χ1v) is 8.95. The molecule has 1 rings (SSSR count). The minimum absolute atomic E-state index is 0.343. The fourth-order valence-electron chi connectivity index (χ4n) is 1.04. The summed E-state index contributed by atoms with van der Waals surface area (Å²) in [4.78, 5) is 20.7. The van der Waals surface area contributed by atoms with Gasteiger partial charge in [-0.15, -0.1) is 12.0 Å². The first-order valence-electron chi connectivity index (χ1n) is 6.92. The van der Waals surface area contributed by atoms with Crippen LogP contribution in [0.3, 0.4) is 0 Å². The predicted octanol–water partition coefficient (Wildman–Crippen LogP) is 2.68. The molecule has 0 amide bonds. The molecule has 2 N–H and O–H groups in total. The molecule has 0 aromatic heterocycles. The number of halogens is 6. The van der Waals surface area contributed by atoms with Gasteiger partial charge < -0.3 is 9.47 Å².